The van der Waals surface area contributed by atoms with Crippen molar-refractivity contribution in [2.24, 2.45) is 0 Å². The van der Waals surface area contributed by atoms with Gasteiger partial charge in [0.05, 0.1) is 6.61 Å². The molecule has 1 heterocycles. The van der Waals surface area contributed by atoms with Gasteiger partial charge in [-0.05, 0) is 31.4 Å². The minimum Gasteiger partial charge on any atom is -0.395 e. The molecule has 2 aromatic rings. The number of nitrogens with zero attached hydrogens (tertiary/aromatic N) is 3. The first kappa shape index (κ1) is 19.5. The molecule has 0 bridgehead atoms. The Labute approximate surface area is 158 Å². The maximum Gasteiger partial charge on any atom is 0.227 e. The highest BCUT2D eigenvalue weighted by molar-refractivity contribution is 5.76. The quantitative estimate of drug-likeness (QED) is 0.803. The lowest BCUT2D eigenvalue weighted by molar-refractivity contribution is -0.134. The summed E-state index contributed by atoms with van der Waals surface area (Å²) >= 11 is 0. The third kappa shape index (κ3) is 4.91. The average molecular weight is 375 g/mol. The Morgan fingerprint density at radius 3 is 2.81 bits per heavy atom. The summed E-state index contributed by atoms with van der Waals surface area (Å²) in [5, 5.41) is 13.2. The third-order valence-corrected chi connectivity index (χ3v) is 5.13. The van der Waals surface area contributed by atoms with Gasteiger partial charge in [0.2, 0.25) is 17.6 Å². The molecule has 1 aromatic carbocycles. The van der Waals surface area contributed by atoms with E-state index in [1.54, 1.807) is 24.0 Å². The summed E-state index contributed by atoms with van der Waals surface area (Å²) in [6.07, 6.45) is 6.03. The van der Waals surface area contributed by atoms with E-state index in [0.29, 0.717) is 35.8 Å². The molecule has 1 saturated carbocycles. The largest absolute Gasteiger partial charge is 0.395 e. The monoisotopic (exact) mass is 375 g/mol. The molecule has 146 valence electrons. The fourth-order valence-corrected chi connectivity index (χ4v) is 3.57. The molecule has 0 spiro atoms. The van der Waals surface area contributed by atoms with Crippen LogP contribution in [0.2, 0.25) is 0 Å². The highest BCUT2D eigenvalue weighted by Crippen LogP contribution is 2.24. The molecule has 7 heteroatoms. The number of aliphatic hydroxyl groups excluding tert-OH is 1. The Hall–Kier alpha value is -2.28. The number of benzene rings is 1. The lowest BCUT2D eigenvalue weighted by Gasteiger charge is -2.34. The van der Waals surface area contributed by atoms with E-state index in [9.17, 15) is 14.3 Å². The van der Waals surface area contributed by atoms with Gasteiger partial charge in [-0.25, -0.2) is 4.39 Å². The summed E-state index contributed by atoms with van der Waals surface area (Å²) in [6, 6.07) is 5.00. The van der Waals surface area contributed by atoms with E-state index in [4.69, 9.17) is 4.52 Å². The molecule has 1 fully saturated rings. The number of carbonyl (C=O) groups is 1. The van der Waals surface area contributed by atoms with E-state index in [0.717, 1.165) is 25.7 Å². The predicted molar refractivity (Wildman–Crippen MR) is 98.4 cm³/mol. The van der Waals surface area contributed by atoms with Crippen molar-refractivity contribution in [3.8, 4) is 11.4 Å². The van der Waals surface area contributed by atoms with Crippen LogP contribution in [-0.4, -0.2) is 45.2 Å². The van der Waals surface area contributed by atoms with Crippen LogP contribution in [0.5, 0.6) is 0 Å². The Bertz CT molecular complexity index is 772. The molecule has 0 atom stereocenters. The number of rotatable bonds is 7. The molecule has 1 amide bonds. The van der Waals surface area contributed by atoms with E-state index >= 15 is 0 Å². The molecule has 0 radical (unpaired) electrons. The van der Waals surface area contributed by atoms with Crippen LogP contribution >= 0.6 is 0 Å². The van der Waals surface area contributed by atoms with Gasteiger partial charge in [-0.3, -0.25) is 4.79 Å². The van der Waals surface area contributed by atoms with Gasteiger partial charge >= 0.3 is 0 Å². The van der Waals surface area contributed by atoms with Gasteiger partial charge in [-0.15, -0.1) is 0 Å². The van der Waals surface area contributed by atoms with Gasteiger partial charge in [0.25, 0.3) is 0 Å². The van der Waals surface area contributed by atoms with Crippen LogP contribution in [-0.2, 0) is 11.2 Å². The highest BCUT2D eigenvalue weighted by atomic mass is 19.1. The van der Waals surface area contributed by atoms with Crippen molar-refractivity contribution in [3.63, 3.8) is 0 Å². The summed E-state index contributed by atoms with van der Waals surface area (Å²) in [7, 11) is 0. The Kier molecular flexibility index (Phi) is 6.55. The van der Waals surface area contributed by atoms with Crippen LogP contribution in [0.4, 0.5) is 4.39 Å². The first-order valence-electron chi connectivity index (χ1n) is 9.58. The minimum absolute atomic E-state index is 0.00270. The van der Waals surface area contributed by atoms with Gasteiger partial charge in [0.1, 0.15) is 5.82 Å². The third-order valence-electron chi connectivity index (χ3n) is 5.13. The van der Waals surface area contributed by atoms with Crippen molar-refractivity contribution in [3.05, 3.63) is 35.5 Å². The van der Waals surface area contributed by atoms with Crippen LogP contribution < -0.4 is 0 Å². The number of hydrogen-bond acceptors (Lipinski definition) is 5. The van der Waals surface area contributed by atoms with Crippen LogP contribution in [0.3, 0.4) is 0 Å². The maximum atomic E-state index is 13.7. The zero-order valence-corrected chi connectivity index (χ0v) is 15.7. The van der Waals surface area contributed by atoms with Crippen molar-refractivity contribution in [1.82, 2.24) is 15.0 Å². The number of aromatic nitrogens is 2. The molecule has 0 unspecified atom stereocenters. The van der Waals surface area contributed by atoms with Crippen molar-refractivity contribution in [2.45, 2.75) is 57.9 Å². The van der Waals surface area contributed by atoms with Crippen LogP contribution in [0.25, 0.3) is 11.4 Å². The SMILES string of the molecule is Cc1ccc(-c2noc(CCC(=O)N(CCO)C3CCCCC3)n2)cc1F. The molecule has 1 aliphatic carbocycles. The normalized spacial score (nSPS) is 15.1. The van der Waals surface area contributed by atoms with Crippen LogP contribution in [0, 0.1) is 12.7 Å². The summed E-state index contributed by atoms with van der Waals surface area (Å²) in [5.74, 6) is 0.348. The van der Waals surface area contributed by atoms with E-state index in [2.05, 4.69) is 10.1 Å². The van der Waals surface area contributed by atoms with Gasteiger partial charge in [0.15, 0.2) is 0 Å². The van der Waals surface area contributed by atoms with E-state index in [-0.39, 0.29) is 30.8 Å². The van der Waals surface area contributed by atoms with Crippen LogP contribution in [0.15, 0.2) is 22.7 Å². The number of aliphatic hydroxyl groups is 1. The van der Waals surface area contributed by atoms with E-state index < -0.39 is 0 Å². The minimum atomic E-state index is -0.318. The number of halogens is 1. The first-order valence-corrected chi connectivity index (χ1v) is 9.58. The summed E-state index contributed by atoms with van der Waals surface area (Å²) in [4.78, 5) is 18.7. The van der Waals surface area contributed by atoms with E-state index in [1.165, 1.54) is 12.5 Å². The molecule has 1 N–H and O–H groups in total. The fraction of sp³-hybridized carbons (Fsp3) is 0.550. The zero-order chi connectivity index (χ0) is 19.2. The predicted octanol–water partition coefficient (Wildman–Crippen LogP) is 3.27. The number of carbonyl (C=O) groups excluding carboxylic acids is 1. The second kappa shape index (κ2) is 9.08. The molecule has 27 heavy (non-hydrogen) atoms. The van der Waals surface area contributed by atoms with Gasteiger partial charge in [-0.1, -0.05) is 36.6 Å². The molecular weight excluding hydrogens is 349 g/mol. The molecule has 0 aliphatic heterocycles. The van der Waals surface area contributed by atoms with Gasteiger partial charge in [0, 0.05) is 31.0 Å². The van der Waals surface area contributed by atoms with Crippen molar-refractivity contribution >= 4 is 5.91 Å². The highest BCUT2D eigenvalue weighted by Gasteiger charge is 2.25. The average Bonchev–Trinajstić information content (AvgIpc) is 3.16. The van der Waals surface area contributed by atoms with Gasteiger partial charge in [-0.2, -0.15) is 4.98 Å². The maximum absolute atomic E-state index is 13.7. The molecular formula is C20H26FN3O3. The second-order valence-electron chi connectivity index (χ2n) is 7.08. The lowest BCUT2D eigenvalue weighted by Crippen LogP contribution is -2.43. The molecule has 6 nitrogen and oxygen atoms in total. The standard InChI is InChI=1S/C20H26FN3O3/c1-14-7-8-15(13-17(14)21)20-22-18(27-23-20)9-10-19(26)24(11-12-25)16-5-3-2-4-6-16/h7-8,13,16,25H,2-6,9-12H2,1H3. The molecule has 3 rings (SSSR count). The topological polar surface area (TPSA) is 79.5 Å². The number of aryl methyl sites for hydroxylation is 2. The van der Waals surface area contributed by atoms with E-state index in [1.807, 2.05) is 0 Å². The Morgan fingerprint density at radius 1 is 1.33 bits per heavy atom. The first-order chi connectivity index (χ1) is 13.1. The Balaban J connectivity index is 1.61. The van der Waals surface area contributed by atoms with Crippen molar-refractivity contribution in [1.29, 1.82) is 0 Å². The van der Waals surface area contributed by atoms with Crippen molar-refractivity contribution in [2.75, 3.05) is 13.2 Å². The summed E-state index contributed by atoms with van der Waals surface area (Å²) in [5.41, 5.74) is 1.10. The summed E-state index contributed by atoms with van der Waals surface area (Å²) < 4.78 is 18.9. The van der Waals surface area contributed by atoms with Gasteiger partial charge < -0.3 is 14.5 Å². The van der Waals surface area contributed by atoms with Crippen molar-refractivity contribution < 1.29 is 18.8 Å². The molecule has 0 saturated heterocycles. The fourth-order valence-electron chi connectivity index (χ4n) is 3.57. The Morgan fingerprint density at radius 2 is 2.11 bits per heavy atom. The van der Waals surface area contributed by atoms with Crippen LogP contribution in [0.1, 0.15) is 50.0 Å². The number of hydrogen-bond donors (Lipinski definition) is 1. The molecule has 1 aliphatic rings. The summed E-state index contributed by atoms with van der Waals surface area (Å²) in [6.45, 7) is 2.02. The number of amides is 1. The smallest absolute Gasteiger partial charge is 0.227 e. The lowest BCUT2D eigenvalue weighted by atomic mass is 9.94. The zero-order valence-electron chi connectivity index (χ0n) is 15.7. The second-order valence-corrected chi connectivity index (χ2v) is 7.08. The molecule has 1 aromatic heterocycles.